The molecule has 0 unspecified atom stereocenters. The summed E-state index contributed by atoms with van der Waals surface area (Å²) < 4.78 is 10.9. The van der Waals surface area contributed by atoms with Crippen LogP contribution in [0.25, 0.3) is 0 Å². The molecule has 0 saturated carbocycles. The van der Waals surface area contributed by atoms with Crippen molar-refractivity contribution in [3.8, 4) is 0 Å². The summed E-state index contributed by atoms with van der Waals surface area (Å²) in [4.78, 5) is 18.2. The number of aliphatic hydroxyl groups is 1. The van der Waals surface area contributed by atoms with E-state index in [9.17, 15) is 9.90 Å². The predicted octanol–water partition coefficient (Wildman–Crippen LogP) is 3.97. The van der Waals surface area contributed by atoms with Crippen LogP contribution in [0.3, 0.4) is 0 Å². The number of ether oxygens (including phenoxy) is 2. The molecule has 0 radical (unpaired) electrons. The van der Waals surface area contributed by atoms with Crippen LogP contribution >= 0.6 is 0 Å². The van der Waals surface area contributed by atoms with E-state index in [1.165, 1.54) is 0 Å². The lowest BCUT2D eigenvalue weighted by atomic mass is 9.82. The summed E-state index contributed by atoms with van der Waals surface area (Å²) in [5.74, 6) is -0.825. The molecule has 0 aliphatic carbocycles. The van der Waals surface area contributed by atoms with Crippen molar-refractivity contribution in [2.24, 2.45) is 5.41 Å². The van der Waals surface area contributed by atoms with Crippen LogP contribution < -0.4 is 4.90 Å². The van der Waals surface area contributed by atoms with Crippen molar-refractivity contribution in [3.05, 3.63) is 23.0 Å². The van der Waals surface area contributed by atoms with E-state index in [2.05, 4.69) is 23.7 Å². The van der Waals surface area contributed by atoms with E-state index in [0.717, 1.165) is 48.6 Å². The van der Waals surface area contributed by atoms with E-state index >= 15 is 0 Å². The topological polar surface area (TPSA) is 92.1 Å². The molecular weight excluding hydrogens is 396 g/mol. The Morgan fingerprint density at radius 2 is 1.74 bits per heavy atom. The van der Waals surface area contributed by atoms with E-state index in [4.69, 9.17) is 14.6 Å². The molecule has 1 aromatic heterocycles. The van der Waals surface area contributed by atoms with E-state index < -0.39 is 11.6 Å². The number of aliphatic carboxylic acids is 1. The molecule has 2 rings (SSSR count). The van der Waals surface area contributed by atoms with Gasteiger partial charge in [0.25, 0.3) is 0 Å². The minimum Gasteiger partial charge on any atom is -0.481 e. The van der Waals surface area contributed by atoms with Crippen molar-refractivity contribution in [1.82, 2.24) is 4.98 Å². The first-order valence-electron chi connectivity index (χ1n) is 11.2. The Balaban J connectivity index is 0.000000861. The molecule has 1 saturated heterocycles. The number of hydrogen-bond acceptors (Lipinski definition) is 6. The molecule has 1 aromatic rings. The molecule has 2 N–H and O–H groups in total. The SMILES string of the molecule is CC(C)(C)O.CCOCCOCc1cc(N2CCC(C)(C)CC2)c(CC(=O)O)c(C)n1. The van der Waals surface area contributed by atoms with Crippen LogP contribution in [-0.4, -0.2) is 59.7 Å². The third-order valence-electron chi connectivity index (χ3n) is 4.97. The molecule has 0 aromatic carbocycles. The molecule has 7 nitrogen and oxygen atoms in total. The molecule has 31 heavy (non-hydrogen) atoms. The highest BCUT2D eigenvalue weighted by Crippen LogP contribution is 2.34. The third-order valence-corrected chi connectivity index (χ3v) is 4.97. The van der Waals surface area contributed by atoms with Crippen molar-refractivity contribution < 1.29 is 24.5 Å². The van der Waals surface area contributed by atoms with Crippen LogP contribution in [0.1, 0.15) is 71.3 Å². The second-order valence-corrected chi connectivity index (χ2v) is 9.84. The molecule has 1 fully saturated rings. The van der Waals surface area contributed by atoms with Gasteiger partial charge in [0.15, 0.2) is 0 Å². The van der Waals surface area contributed by atoms with Gasteiger partial charge in [0.1, 0.15) is 0 Å². The number of piperidine rings is 1. The highest BCUT2D eigenvalue weighted by molar-refractivity contribution is 5.74. The zero-order valence-corrected chi connectivity index (χ0v) is 20.5. The van der Waals surface area contributed by atoms with Crippen molar-refractivity contribution in [1.29, 1.82) is 0 Å². The molecule has 0 amide bonds. The van der Waals surface area contributed by atoms with E-state index in [0.29, 0.717) is 31.8 Å². The monoisotopic (exact) mass is 438 g/mol. The van der Waals surface area contributed by atoms with Crippen LogP contribution in [0.15, 0.2) is 6.07 Å². The van der Waals surface area contributed by atoms with Crippen molar-refractivity contribution in [2.75, 3.05) is 37.8 Å². The molecule has 0 spiro atoms. The minimum atomic E-state index is -0.825. The molecule has 0 atom stereocenters. The number of rotatable bonds is 9. The van der Waals surface area contributed by atoms with Crippen molar-refractivity contribution in [3.63, 3.8) is 0 Å². The second kappa shape index (κ2) is 12.4. The maximum Gasteiger partial charge on any atom is 0.307 e. The largest absolute Gasteiger partial charge is 0.481 e. The average Bonchev–Trinajstić information content (AvgIpc) is 2.62. The highest BCUT2D eigenvalue weighted by Gasteiger charge is 2.27. The van der Waals surface area contributed by atoms with Gasteiger partial charge in [0, 0.05) is 36.6 Å². The summed E-state index contributed by atoms with van der Waals surface area (Å²) in [5.41, 5.74) is 3.27. The number of carboxylic acids is 1. The summed E-state index contributed by atoms with van der Waals surface area (Å²) >= 11 is 0. The fourth-order valence-electron chi connectivity index (χ4n) is 3.26. The number of carboxylic acid groups (broad SMARTS) is 1. The predicted molar refractivity (Wildman–Crippen MR) is 124 cm³/mol. The third kappa shape index (κ3) is 11.5. The van der Waals surface area contributed by atoms with Gasteiger partial charge in [-0.05, 0) is 58.9 Å². The zero-order valence-electron chi connectivity index (χ0n) is 20.5. The van der Waals surface area contributed by atoms with Gasteiger partial charge in [-0.15, -0.1) is 0 Å². The lowest BCUT2D eigenvalue weighted by Crippen LogP contribution is -2.38. The van der Waals surface area contributed by atoms with Gasteiger partial charge in [0.2, 0.25) is 0 Å². The van der Waals surface area contributed by atoms with Gasteiger partial charge in [0.05, 0.1) is 37.5 Å². The van der Waals surface area contributed by atoms with Gasteiger partial charge in [-0.3, -0.25) is 9.78 Å². The Kier molecular flexibility index (Phi) is 10.9. The summed E-state index contributed by atoms with van der Waals surface area (Å²) in [6, 6.07) is 2.00. The Morgan fingerprint density at radius 1 is 1.19 bits per heavy atom. The molecule has 2 heterocycles. The average molecular weight is 439 g/mol. The molecule has 1 aliphatic rings. The van der Waals surface area contributed by atoms with Gasteiger partial charge in [-0.25, -0.2) is 0 Å². The van der Waals surface area contributed by atoms with E-state index in [-0.39, 0.29) is 6.42 Å². The first-order chi connectivity index (χ1) is 14.3. The van der Waals surface area contributed by atoms with Gasteiger partial charge in [-0.2, -0.15) is 0 Å². The molecule has 1 aliphatic heterocycles. The minimum absolute atomic E-state index is 0.000460. The number of carbonyl (C=O) groups is 1. The van der Waals surface area contributed by atoms with Gasteiger partial charge in [-0.1, -0.05) is 13.8 Å². The van der Waals surface area contributed by atoms with Gasteiger partial charge < -0.3 is 24.6 Å². The summed E-state index contributed by atoms with van der Waals surface area (Å²) in [6.45, 7) is 17.7. The first-order valence-corrected chi connectivity index (χ1v) is 11.2. The van der Waals surface area contributed by atoms with Crippen LogP contribution in [0.4, 0.5) is 5.69 Å². The van der Waals surface area contributed by atoms with Crippen LogP contribution in [0.5, 0.6) is 0 Å². The van der Waals surface area contributed by atoms with Crippen LogP contribution in [-0.2, 0) is 27.3 Å². The number of nitrogens with zero attached hydrogens (tertiary/aromatic N) is 2. The highest BCUT2D eigenvalue weighted by atomic mass is 16.5. The van der Waals surface area contributed by atoms with Crippen molar-refractivity contribution in [2.45, 2.75) is 79.9 Å². The molecule has 0 bridgehead atoms. The maximum absolute atomic E-state index is 11.3. The number of hydrogen-bond donors (Lipinski definition) is 2. The standard InChI is InChI=1S/C20H32N2O4.C4H10O/c1-5-25-10-11-26-14-16-12-18(17(13-19(23)24)15(2)21-16)22-8-6-20(3,4)7-9-22;1-4(2,3)5/h12H,5-11,13-14H2,1-4H3,(H,23,24);5H,1-3H3. The Bertz CT molecular complexity index is 682. The van der Waals surface area contributed by atoms with Crippen LogP contribution in [0, 0.1) is 12.3 Å². The molecule has 178 valence electrons. The number of anilines is 1. The van der Waals surface area contributed by atoms with Gasteiger partial charge >= 0.3 is 5.97 Å². The lowest BCUT2D eigenvalue weighted by molar-refractivity contribution is -0.136. The number of aryl methyl sites for hydroxylation is 1. The summed E-state index contributed by atoms with van der Waals surface area (Å²) in [5, 5.41) is 17.8. The lowest BCUT2D eigenvalue weighted by Gasteiger charge is -2.39. The number of pyridine rings is 1. The fraction of sp³-hybridized carbons (Fsp3) is 0.750. The maximum atomic E-state index is 11.3. The molecule has 7 heteroatoms. The normalized spacial score (nSPS) is 15.9. The van der Waals surface area contributed by atoms with Crippen molar-refractivity contribution >= 4 is 11.7 Å². The zero-order chi connectivity index (χ0) is 23.7. The second-order valence-electron chi connectivity index (χ2n) is 9.84. The smallest absolute Gasteiger partial charge is 0.307 e. The van der Waals surface area contributed by atoms with Crippen LogP contribution in [0.2, 0.25) is 0 Å². The Labute approximate surface area is 187 Å². The first kappa shape index (κ1) is 27.3. The van der Waals surface area contributed by atoms with E-state index in [1.807, 2.05) is 19.9 Å². The summed E-state index contributed by atoms with van der Waals surface area (Å²) in [7, 11) is 0. The molecular formula is C24H42N2O5. The Morgan fingerprint density at radius 3 is 2.26 bits per heavy atom. The quantitative estimate of drug-likeness (QED) is 0.564. The fourth-order valence-corrected chi connectivity index (χ4v) is 3.26. The summed E-state index contributed by atoms with van der Waals surface area (Å²) in [6.07, 6.45) is 2.20. The van der Waals surface area contributed by atoms with E-state index in [1.54, 1.807) is 20.8 Å². The Hall–Kier alpha value is -1.70. The number of aromatic nitrogens is 1.